The number of rotatable bonds is 7. The highest BCUT2D eigenvalue weighted by molar-refractivity contribution is 5.77. The molecule has 0 aromatic heterocycles. The molecule has 0 heterocycles. The van der Waals surface area contributed by atoms with E-state index >= 15 is 0 Å². The Morgan fingerprint density at radius 1 is 1.04 bits per heavy atom. The molecule has 23 heavy (non-hydrogen) atoms. The third-order valence-corrected chi connectivity index (χ3v) is 3.07. The van der Waals surface area contributed by atoms with Crippen LogP contribution in [0.4, 0.5) is 4.39 Å². The molecule has 0 aliphatic heterocycles. The molecule has 0 spiro atoms. The molecular weight excluding hydrogens is 301 g/mol. The van der Waals surface area contributed by atoms with Gasteiger partial charge in [-0.2, -0.15) is 0 Å². The van der Waals surface area contributed by atoms with Crippen LogP contribution in [-0.4, -0.2) is 26.7 Å². The lowest BCUT2D eigenvalue weighted by molar-refractivity contribution is -0.123. The van der Waals surface area contributed by atoms with Gasteiger partial charge >= 0.3 is 0 Å². The highest BCUT2D eigenvalue weighted by Gasteiger charge is 2.06. The minimum Gasteiger partial charge on any atom is -0.497 e. The molecular formula is C17H18FNO4. The van der Waals surface area contributed by atoms with Crippen molar-refractivity contribution in [2.45, 2.75) is 6.54 Å². The zero-order valence-electron chi connectivity index (χ0n) is 13.0. The number of ether oxygens (including phenoxy) is 3. The second-order valence-electron chi connectivity index (χ2n) is 4.74. The topological polar surface area (TPSA) is 56.8 Å². The highest BCUT2D eigenvalue weighted by atomic mass is 19.1. The van der Waals surface area contributed by atoms with Crippen molar-refractivity contribution in [3.8, 4) is 17.2 Å². The van der Waals surface area contributed by atoms with Crippen molar-refractivity contribution in [2.24, 2.45) is 0 Å². The molecule has 0 saturated heterocycles. The SMILES string of the molecule is COc1cc(CNC(=O)COc2cccc(F)c2)cc(OC)c1. The molecule has 0 saturated carbocycles. The number of amides is 1. The average Bonchev–Trinajstić information content (AvgIpc) is 2.57. The molecule has 0 aliphatic rings. The fraction of sp³-hybridized carbons (Fsp3) is 0.235. The molecule has 2 aromatic carbocycles. The molecule has 2 aromatic rings. The van der Waals surface area contributed by atoms with Crippen molar-refractivity contribution in [3.05, 3.63) is 53.8 Å². The van der Waals surface area contributed by atoms with E-state index in [4.69, 9.17) is 14.2 Å². The number of benzene rings is 2. The normalized spacial score (nSPS) is 10.0. The van der Waals surface area contributed by atoms with Crippen LogP contribution in [0.5, 0.6) is 17.2 Å². The second-order valence-corrected chi connectivity index (χ2v) is 4.74. The molecule has 0 atom stereocenters. The molecule has 6 heteroatoms. The van der Waals surface area contributed by atoms with E-state index in [1.54, 1.807) is 38.5 Å². The largest absolute Gasteiger partial charge is 0.497 e. The summed E-state index contributed by atoms with van der Waals surface area (Å²) in [5, 5.41) is 2.72. The van der Waals surface area contributed by atoms with Gasteiger partial charge in [0, 0.05) is 18.7 Å². The summed E-state index contributed by atoms with van der Waals surface area (Å²) in [5.74, 6) is 0.875. The summed E-state index contributed by atoms with van der Waals surface area (Å²) in [5.41, 5.74) is 0.834. The number of hydrogen-bond donors (Lipinski definition) is 1. The van der Waals surface area contributed by atoms with Crippen LogP contribution in [0.15, 0.2) is 42.5 Å². The summed E-state index contributed by atoms with van der Waals surface area (Å²) in [6, 6.07) is 11.0. The number of carbonyl (C=O) groups is 1. The van der Waals surface area contributed by atoms with Crippen molar-refractivity contribution in [1.29, 1.82) is 0 Å². The van der Waals surface area contributed by atoms with E-state index in [0.29, 0.717) is 23.8 Å². The van der Waals surface area contributed by atoms with Gasteiger partial charge in [-0.05, 0) is 29.8 Å². The van der Waals surface area contributed by atoms with Gasteiger partial charge in [0.2, 0.25) is 0 Å². The Balaban J connectivity index is 1.86. The predicted molar refractivity (Wildman–Crippen MR) is 83.3 cm³/mol. The molecule has 0 radical (unpaired) electrons. The predicted octanol–water partition coefficient (Wildman–Crippen LogP) is 2.54. The number of nitrogens with one attached hydrogen (secondary N) is 1. The first-order valence-corrected chi connectivity index (χ1v) is 6.97. The Morgan fingerprint density at radius 3 is 2.35 bits per heavy atom. The van der Waals surface area contributed by atoms with E-state index in [1.165, 1.54) is 18.2 Å². The molecule has 1 amide bonds. The highest BCUT2D eigenvalue weighted by Crippen LogP contribution is 2.22. The van der Waals surface area contributed by atoms with Crippen molar-refractivity contribution in [3.63, 3.8) is 0 Å². The van der Waals surface area contributed by atoms with Crippen LogP contribution in [-0.2, 0) is 11.3 Å². The van der Waals surface area contributed by atoms with Crippen LogP contribution < -0.4 is 19.5 Å². The molecule has 1 N–H and O–H groups in total. The smallest absolute Gasteiger partial charge is 0.258 e. The standard InChI is InChI=1S/C17H18FNO4/c1-21-15-6-12(7-16(9-15)22-2)10-19-17(20)11-23-14-5-3-4-13(18)8-14/h3-9H,10-11H2,1-2H3,(H,19,20). The van der Waals surface area contributed by atoms with Crippen LogP contribution in [0.3, 0.4) is 0 Å². The lowest BCUT2D eigenvalue weighted by Crippen LogP contribution is -2.28. The van der Waals surface area contributed by atoms with Crippen molar-refractivity contribution < 1.29 is 23.4 Å². The Morgan fingerprint density at radius 2 is 1.74 bits per heavy atom. The van der Waals surface area contributed by atoms with Gasteiger partial charge in [-0.15, -0.1) is 0 Å². The van der Waals surface area contributed by atoms with E-state index in [0.717, 1.165) is 5.56 Å². The molecule has 0 unspecified atom stereocenters. The number of methoxy groups -OCH3 is 2. The third kappa shape index (κ3) is 5.18. The fourth-order valence-corrected chi connectivity index (χ4v) is 1.93. The monoisotopic (exact) mass is 319 g/mol. The maximum atomic E-state index is 13.0. The van der Waals surface area contributed by atoms with Gasteiger partial charge < -0.3 is 19.5 Å². The van der Waals surface area contributed by atoms with Crippen LogP contribution in [0.2, 0.25) is 0 Å². The van der Waals surface area contributed by atoms with Gasteiger partial charge in [-0.1, -0.05) is 6.07 Å². The third-order valence-electron chi connectivity index (χ3n) is 3.07. The first-order valence-electron chi connectivity index (χ1n) is 6.97. The number of hydrogen-bond acceptors (Lipinski definition) is 4. The van der Waals surface area contributed by atoms with Crippen LogP contribution >= 0.6 is 0 Å². The first-order chi connectivity index (χ1) is 11.1. The zero-order valence-corrected chi connectivity index (χ0v) is 13.0. The summed E-state index contributed by atoms with van der Waals surface area (Å²) in [4.78, 5) is 11.8. The van der Waals surface area contributed by atoms with Crippen molar-refractivity contribution in [1.82, 2.24) is 5.32 Å². The average molecular weight is 319 g/mol. The minimum absolute atomic E-state index is 0.190. The van der Waals surface area contributed by atoms with E-state index in [9.17, 15) is 9.18 Å². The maximum Gasteiger partial charge on any atom is 0.258 e. The quantitative estimate of drug-likeness (QED) is 0.852. The van der Waals surface area contributed by atoms with Gasteiger partial charge in [0.05, 0.1) is 14.2 Å². The Hall–Kier alpha value is -2.76. The Labute approximate surface area is 134 Å². The lowest BCUT2D eigenvalue weighted by Gasteiger charge is -2.10. The number of carbonyl (C=O) groups excluding carboxylic acids is 1. The second kappa shape index (κ2) is 8.03. The van der Waals surface area contributed by atoms with Crippen LogP contribution in [0.1, 0.15) is 5.56 Å². The Bertz CT molecular complexity index is 653. The molecule has 0 aliphatic carbocycles. The fourth-order valence-electron chi connectivity index (χ4n) is 1.93. The van der Waals surface area contributed by atoms with E-state index < -0.39 is 5.82 Å². The van der Waals surface area contributed by atoms with E-state index in [1.807, 2.05) is 0 Å². The Kier molecular flexibility index (Phi) is 5.80. The van der Waals surface area contributed by atoms with Gasteiger partial charge in [0.1, 0.15) is 23.1 Å². The molecule has 0 bridgehead atoms. The van der Waals surface area contributed by atoms with Crippen molar-refractivity contribution in [2.75, 3.05) is 20.8 Å². The summed E-state index contributed by atoms with van der Waals surface area (Å²) in [6.07, 6.45) is 0. The zero-order chi connectivity index (χ0) is 16.7. The molecule has 2 rings (SSSR count). The summed E-state index contributed by atoms with van der Waals surface area (Å²) < 4.78 is 28.6. The van der Waals surface area contributed by atoms with Gasteiger partial charge in [-0.25, -0.2) is 4.39 Å². The van der Waals surface area contributed by atoms with Crippen molar-refractivity contribution >= 4 is 5.91 Å². The lowest BCUT2D eigenvalue weighted by atomic mass is 10.2. The van der Waals surface area contributed by atoms with Gasteiger partial charge in [-0.3, -0.25) is 4.79 Å². The summed E-state index contributed by atoms with van der Waals surface area (Å²) >= 11 is 0. The van der Waals surface area contributed by atoms with E-state index in [-0.39, 0.29) is 12.5 Å². The van der Waals surface area contributed by atoms with Crippen LogP contribution in [0, 0.1) is 5.82 Å². The number of halogens is 1. The van der Waals surface area contributed by atoms with E-state index in [2.05, 4.69) is 5.32 Å². The van der Waals surface area contributed by atoms with Gasteiger partial charge in [0.15, 0.2) is 6.61 Å². The molecule has 0 fully saturated rings. The summed E-state index contributed by atoms with van der Waals surface area (Å²) in [7, 11) is 3.12. The minimum atomic E-state index is -0.411. The van der Waals surface area contributed by atoms with Gasteiger partial charge in [0.25, 0.3) is 5.91 Å². The maximum absolute atomic E-state index is 13.0. The first kappa shape index (κ1) is 16.6. The van der Waals surface area contributed by atoms with Crippen LogP contribution in [0.25, 0.3) is 0 Å². The molecule has 122 valence electrons. The molecule has 5 nitrogen and oxygen atoms in total. The summed E-state index contributed by atoms with van der Waals surface area (Å²) in [6.45, 7) is 0.115.